The summed E-state index contributed by atoms with van der Waals surface area (Å²) in [5.74, 6) is -0.474. The van der Waals surface area contributed by atoms with Crippen LogP contribution in [-0.4, -0.2) is 14.3 Å². The minimum atomic E-state index is -3.77. The van der Waals surface area contributed by atoms with Gasteiger partial charge < -0.3 is 0 Å². The SMILES string of the molecule is CCCCCC(=O)NS(=O)(=O)c1ccc(Cl)cc1. The summed E-state index contributed by atoms with van der Waals surface area (Å²) in [6.07, 6.45) is 2.81. The van der Waals surface area contributed by atoms with Crippen molar-refractivity contribution >= 4 is 27.5 Å². The Bertz CT molecular complexity index is 497. The molecule has 0 bridgehead atoms. The normalized spacial score (nSPS) is 11.2. The van der Waals surface area contributed by atoms with Gasteiger partial charge in [0.05, 0.1) is 4.90 Å². The molecule has 1 rings (SSSR count). The maximum atomic E-state index is 11.8. The molecule has 0 aromatic heterocycles. The monoisotopic (exact) mass is 289 g/mol. The van der Waals surface area contributed by atoms with E-state index in [2.05, 4.69) is 0 Å². The molecule has 0 aliphatic carbocycles. The highest BCUT2D eigenvalue weighted by atomic mass is 35.5. The summed E-state index contributed by atoms with van der Waals surface area (Å²) in [5, 5.41) is 0.447. The van der Waals surface area contributed by atoms with Crippen LogP contribution >= 0.6 is 11.6 Å². The molecular weight excluding hydrogens is 274 g/mol. The molecule has 1 N–H and O–H groups in total. The Labute approximate surface area is 112 Å². The number of amides is 1. The van der Waals surface area contributed by atoms with Gasteiger partial charge >= 0.3 is 0 Å². The number of carbonyl (C=O) groups excluding carboxylic acids is 1. The maximum Gasteiger partial charge on any atom is 0.264 e. The van der Waals surface area contributed by atoms with Crippen LogP contribution in [-0.2, 0) is 14.8 Å². The quantitative estimate of drug-likeness (QED) is 0.819. The molecule has 1 aromatic rings. The number of unbranched alkanes of at least 4 members (excludes halogenated alkanes) is 2. The Hall–Kier alpha value is -1.07. The zero-order valence-electron chi connectivity index (χ0n) is 10.1. The van der Waals surface area contributed by atoms with Gasteiger partial charge in [0, 0.05) is 11.4 Å². The molecule has 18 heavy (non-hydrogen) atoms. The number of carbonyl (C=O) groups is 1. The van der Waals surface area contributed by atoms with Gasteiger partial charge in [0.1, 0.15) is 0 Å². The van der Waals surface area contributed by atoms with E-state index in [1.54, 1.807) is 0 Å². The lowest BCUT2D eigenvalue weighted by Gasteiger charge is -2.06. The van der Waals surface area contributed by atoms with Crippen LogP contribution in [0.1, 0.15) is 32.6 Å². The van der Waals surface area contributed by atoms with Gasteiger partial charge in [-0.1, -0.05) is 31.4 Å². The number of hydrogen-bond donors (Lipinski definition) is 1. The topological polar surface area (TPSA) is 63.2 Å². The van der Waals surface area contributed by atoms with E-state index in [1.165, 1.54) is 24.3 Å². The van der Waals surface area contributed by atoms with E-state index in [9.17, 15) is 13.2 Å². The zero-order valence-corrected chi connectivity index (χ0v) is 11.7. The molecular formula is C12H16ClNO3S. The van der Waals surface area contributed by atoms with Gasteiger partial charge in [-0.3, -0.25) is 4.79 Å². The molecule has 0 saturated heterocycles. The first kappa shape index (κ1) is 15.0. The molecule has 4 nitrogen and oxygen atoms in total. The molecule has 0 aliphatic rings. The number of sulfonamides is 1. The average Bonchev–Trinajstić information content (AvgIpc) is 2.29. The first-order valence-corrected chi connectivity index (χ1v) is 7.63. The summed E-state index contributed by atoms with van der Waals surface area (Å²) in [4.78, 5) is 11.5. The minimum Gasteiger partial charge on any atom is -0.274 e. The van der Waals surface area contributed by atoms with E-state index in [0.717, 1.165) is 12.8 Å². The second kappa shape index (κ2) is 6.75. The minimum absolute atomic E-state index is 0.0377. The van der Waals surface area contributed by atoms with Crippen LogP contribution in [0.4, 0.5) is 0 Å². The lowest BCUT2D eigenvalue weighted by atomic mass is 10.2. The maximum absolute atomic E-state index is 11.8. The Morgan fingerprint density at radius 2 is 1.83 bits per heavy atom. The van der Waals surface area contributed by atoms with Gasteiger partial charge in [-0.05, 0) is 30.7 Å². The van der Waals surface area contributed by atoms with Crippen LogP contribution in [0.5, 0.6) is 0 Å². The first-order chi connectivity index (χ1) is 8.45. The van der Waals surface area contributed by atoms with Crippen molar-refractivity contribution in [3.05, 3.63) is 29.3 Å². The fraction of sp³-hybridized carbons (Fsp3) is 0.417. The fourth-order valence-corrected chi connectivity index (χ4v) is 2.55. The lowest BCUT2D eigenvalue weighted by molar-refractivity contribution is -0.119. The summed E-state index contributed by atoms with van der Waals surface area (Å²) >= 11 is 5.67. The smallest absolute Gasteiger partial charge is 0.264 e. The molecule has 0 fully saturated rings. The van der Waals surface area contributed by atoms with E-state index in [4.69, 9.17) is 11.6 Å². The Balaban J connectivity index is 2.64. The predicted octanol–water partition coefficient (Wildman–Crippen LogP) is 2.73. The number of rotatable bonds is 6. The van der Waals surface area contributed by atoms with Gasteiger partial charge in [-0.25, -0.2) is 13.1 Å². The van der Waals surface area contributed by atoms with Gasteiger partial charge in [-0.2, -0.15) is 0 Å². The highest BCUT2D eigenvalue weighted by Crippen LogP contribution is 2.14. The first-order valence-electron chi connectivity index (χ1n) is 5.77. The van der Waals surface area contributed by atoms with Crippen molar-refractivity contribution in [1.29, 1.82) is 0 Å². The van der Waals surface area contributed by atoms with E-state index >= 15 is 0 Å². The van der Waals surface area contributed by atoms with Crippen LogP contribution in [0.25, 0.3) is 0 Å². The third kappa shape index (κ3) is 4.66. The molecule has 0 aliphatic heterocycles. The Morgan fingerprint density at radius 3 is 2.39 bits per heavy atom. The highest BCUT2D eigenvalue weighted by molar-refractivity contribution is 7.90. The largest absolute Gasteiger partial charge is 0.274 e. The number of hydrogen-bond acceptors (Lipinski definition) is 3. The summed E-state index contributed by atoms with van der Waals surface area (Å²) in [5.41, 5.74) is 0. The third-order valence-corrected chi connectivity index (χ3v) is 4.02. The van der Waals surface area contributed by atoms with Crippen molar-refractivity contribution in [2.75, 3.05) is 0 Å². The van der Waals surface area contributed by atoms with E-state index in [0.29, 0.717) is 11.4 Å². The molecule has 0 heterocycles. The van der Waals surface area contributed by atoms with Crippen LogP contribution in [0, 0.1) is 0 Å². The van der Waals surface area contributed by atoms with Gasteiger partial charge in [0.15, 0.2) is 0 Å². The van der Waals surface area contributed by atoms with Crippen molar-refractivity contribution in [2.45, 2.75) is 37.5 Å². The standard InChI is InChI=1S/C12H16ClNO3S/c1-2-3-4-5-12(15)14-18(16,17)11-8-6-10(13)7-9-11/h6-9H,2-5H2,1H3,(H,14,15). The Morgan fingerprint density at radius 1 is 1.22 bits per heavy atom. The summed E-state index contributed by atoms with van der Waals surface area (Å²) < 4.78 is 25.7. The second-order valence-corrected chi connectivity index (χ2v) is 6.06. The van der Waals surface area contributed by atoms with Crippen molar-refractivity contribution in [3.63, 3.8) is 0 Å². The van der Waals surface area contributed by atoms with E-state index < -0.39 is 15.9 Å². The molecule has 6 heteroatoms. The molecule has 100 valence electrons. The average molecular weight is 290 g/mol. The van der Waals surface area contributed by atoms with Crippen molar-refractivity contribution in [3.8, 4) is 0 Å². The van der Waals surface area contributed by atoms with Crippen LogP contribution in [0.3, 0.4) is 0 Å². The zero-order chi connectivity index (χ0) is 13.6. The van der Waals surface area contributed by atoms with E-state index in [1.807, 2.05) is 11.6 Å². The molecule has 0 saturated carbocycles. The molecule has 0 atom stereocenters. The Kier molecular flexibility index (Phi) is 5.62. The molecule has 0 spiro atoms. The number of nitrogens with one attached hydrogen (secondary N) is 1. The van der Waals surface area contributed by atoms with Gasteiger partial charge in [-0.15, -0.1) is 0 Å². The van der Waals surface area contributed by atoms with E-state index in [-0.39, 0.29) is 11.3 Å². The van der Waals surface area contributed by atoms with Crippen molar-refractivity contribution in [2.24, 2.45) is 0 Å². The predicted molar refractivity (Wildman–Crippen MR) is 70.9 cm³/mol. The molecule has 1 aromatic carbocycles. The summed E-state index contributed by atoms with van der Waals surface area (Å²) in [6, 6.07) is 5.67. The van der Waals surface area contributed by atoms with Crippen LogP contribution < -0.4 is 4.72 Å². The van der Waals surface area contributed by atoms with Crippen molar-refractivity contribution in [1.82, 2.24) is 4.72 Å². The van der Waals surface area contributed by atoms with Crippen molar-refractivity contribution < 1.29 is 13.2 Å². The van der Waals surface area contributed by atoms with Crippen LogP contribution in [0.15, 0.2) is 29.2 Å². The molecule has 1 amide bonds. The highest BCUT2D eigenvalue weighted by Gasteiger charge is 2.16. The molecule has 0 unspecified atom stereocenters. The van der Waals surface area contributed by atoms with Crippen LogP contribution in [0.2, 0.25) is 5.02 Å². The van der Waals surface area contributed by atoms with Gasteiger partial charge in [0.2, 0.25) is 5.91 Å². The second-order valence-electron chi connectivity index (χ2n) is 3.94. The number of halogens is 1. The summed E-state index contributed by atoms with van der Waals surface area (Å²) in [6.45, 7) is 2.02. The summed E-state index contributed by atoms with van der Waals surface area (Å²) in [7, 11) is -3.77. The van der Waals surface area contributed by atoms with Gasteiger partial charge in [0.25, 0.3) is 10.0 Å². The lowest BCUT2D eigenvalue weighted by Crippen LogP contribution is -2.30. The third-order valence-electron chi connectivity index (χ3n) is 2.38. The number of benzene rings is 1. The fourth-order valence-electron chi connectivity index (χ4n) is 1.41. The molecule has 0 radical (unpaired) electrons.